The largest absolute Gasteiger partial charge is 0.308 e. The monoisotopic (exact) mass is 220 g/mol. The van der Waals surface area contributed by atoms with E-state index in [0.29, 0.717) is 5.82 Å². The van der Waals surface area contributed by atoms with Crippen LogP contribution in [0.1, 0.15) is 25.3 Å². The molecule has 0 spiro atoms. The molecule has 0 unspecified atom stereocenters. The number of rotatable bonds is 3. The Kier molecular flexibility index (Phi) is 3.66. The van der Waals surface area contributed by atoms with Crippen molar-refractivity contribution in [1.82, 2.24) is 4.57 Å². The van der Waals surface area contributed by atoms with Gasteiger partial charge in [0.15, 0.2) is 0 Å². The van der Waals surface area contributed by atoms with Gasteiger partial charge in [-0.15, -0.1) is 0 Å². The van der Waals surface area contributed by atoms with Crippen LogP contribution in [0.5, 0.6) is 0 Å². The Bertz CT molecular complexity index is 472. The molecule has 1 aromatic rings. The lowest BCUT2D eigenvalue weighted by atomic mass is 10.0. The summed E-state index contributed by atoms with van der Waals surface area (Å²) >= 11 is 0. The molecule has 0 radical (unpaired) electrons. The van der Waals surface area contributed by atoms with Crippen molar-refractivity contribution in [3.63, 3.8) is 0 Å². The zero-order valence-corrected chi connectivity index (χ0v) is 9.78. The summed E-state index contributed by atoms with van der Waals surface area (Å²) in [6.07, 6.45) is 1.17. The van der Waals surface area contributed by atoms with E-state index < -0.39 is 0 Å². The summed E-state index contributed by atoms with van der Waals surface area (Å²) in [7, 11) is 1.62. The molecule has 0 atom stereocenters. The lowest BCUT2D eigenvalue weighted by molar-refractivity contribution is -0.111. The Labute approximate surface area is 94.6 Å². The third-order valence-corrected chi connectivity index (χ3v) is 2.39. The quantitative estimate of drug-likeness (QED) is 0.787. The Balaban J connectivity index is 3.21. The zero-order valence-electron chi connectivity index (χ0n) is 9.78. The van der Waals surface area contributed by atoms with Gasteiger partial charge < -0.3 is 5.32 Å². The maximum atomic E-state index is 11.6. The average Bonchev–Trinajstić information content (AvgIpc) is 2.23. The van der Waals surface area contributed by atoms with Crippen molar-refractivity contribution in [2.75, 3.05) is 5.32 Å². The summed E-state index contributed by atoms with van der Waals surface area (Å²) in [4.78, 5) is 22.8. The normalized spacial score (nSPS) is 10.2. The van der Waals surface area contributed by atoms with Crippen molar-refractivity contribution in [2.45, 2.75) is 19.8 Å². The second kappa shape index (κ2) is 4.79. The smallest absolute Gasteiger partial charge is 0.252 e. The highest BCUT2D eigenvalue weighted by atomic mass is 16.2. The van der Waals surface area contributed by atoms with Gasteiger partial charge in [0.2, 0.25) is 5.91 Å². The number of aromatic nitrogens is 1. The molecule has 0 aliphatic carbocycles. The van der Waals surface area contributed by atoms with Crippen molar-refractivity contribution in [3.8, 4) is 0 Å². The third-order valence-electron chi connectivity index (χ3n) is 2.39. The first kappa shape index (κ1) is 12.2. The Morgan fingerprint density at radius 3 is 2.62 bits per heavy atom. The number of amides is 1. The first-order valence-corrected chi connectivity index (χ1v) is 5.10. The van der Waals surface area contributed by atoms with Gasteiger partial charge in [-0.1, -0.05) is 20.4 Å². The predicted molar refractivity (Wildman–Crippen MR) is 64.6 cm³/mol. The fourth-order valence-corrected chi connectivity index (χ4v) is 1.29. The molecule has 1 aromatic heterocycles. The van der Waals surface area contributed by atoms with Crippen LogP contribution in [0.3, 0.4) is 0 Å². The Morgan fingerprint density at radius 2 is 2.12 bits per heavy atom. The first-order valence-electron chi connectivity index (χ1n) is 5.10. The molecule has 0 aliphatic rings. The van der Waals surface area contributed by atoms with Crippen LogP contribution in [-0.2, 0) is 11.8 Å². The van der Waals surface area contributed by atoms with E-state index in [1.807, 2.05) is 13.8 Å². The molecule has 4 nitrogen and oxygen atoms in total. The summed E-state index contributed by atoms with van der Waals surface area (Å²) in [6, 6.07) is 3.38. The van der Waals surface area contributed by atoms with Crippen molar-refractivity contribution in [2.24, 2.45) is 7.05 Å². The van der Waals surface area contributed by atoms with E-state index in [1.54, 1.807) is 19.2 Å². The second-order valence-electron chi connectivity index (χ2n) is 3.92. The van der Waals surface area contributed by atoms with Gasteiger partial charge in [0, 0.05) is 13.1 Å². The average molecular weight is 220 g/mol. The first-order chi connectivity index (χ1) is 7.45. The van der Waals surface area contributed by atoms with Gasteiger partial charge in [-0.25, -0.2) is 0 Å². The maximum Gasteiger partial charge on any atom is 0.252 e. The number of nitrogens with one attached hydrogen (secondary N) is 1. The summed E-state index contributed by atoms with van der Waals surface area (Å²) in [5.74, 6) is 0.408. The van der Waals surface area contributed by atoms with E-state index in [2.05, 4.69) is 11.9 Å². The molecule has 1 amide bonds. The maximum absolute atomic E-state index is 11.6. The number of nitrogens with zero attached hydrogens (tertiary/aromatic N) is 1. The predicted octanol–water partition coefficient (Wildman–Crippen LogP) is 1.63. The van der Waals surface area contributed by atoms with Gasteiger partial charge in [0.05, 0.1) is 0 Å². The van der Waals surface area contributed by atoms with Gasteiger partial charge in [-0.2, -0.15) is 0 Å². The van der Waals surface area contributed by atoms with Crippen molar-refractivity contribution >= 4 is 11.7 Å². The van der Waals surface area contributed by atoms with Crippen LogP contribution in [0, 0.1) is 0 Å². The van der Waals surface area contributed by atoms with E-state index in [4.69, 9.17) is 0 Å². The summed E-state index contributed by atoms with van der Waals surface area (Å²) < 4.78 is 1.40. The standard InChI is InChI=1S/C12H16N2O2/c1-5-11(15)13-10-6-9(8(2)3)7-12(16)14(10)4/h5-8H,1H2,2-4H3,(H,13,15). The van der Waals surface area contributed by atoms with Gasteiger partial charge in [0.1, 0.15) is 5.82 Å². The van der Waals surface area contributed by atoms with E-state index in [1.165, 1.54) is 10.6 Å². The van der Waals surface area contributed by atoms with Crippen molar-refractivity contribution in [1.29, 1.82) is 0 Å². The zero-order chi connectivity index (χ0) is 12.3. The van der Waals surface area contributed by atoms with Gasteiger partial charge in [0.25, 0.3) is 5.56 Å². The number of pyridine rings is 1. The van der Waals surface area contributed by atoms with Crippen LogP contribution in [0.25, 0.3) is 0 Å². The number of carbonyl (C=O) groups excluding carboxylic acids is 1. The molecule has 86 valence electrons. The van der Waals surface area contributed by atoms with Crippen LogP contribution >= 0.6 is 0 Å². The molecule has 1 rings (SSSR count). The SMILES string of the molecule is C=CC(=O)Nc1cc(C(C)C)cc(=O)n1C. The van der Waals surface area contributed by atoms with E-state index in [9.17, 15) is 9.59 Å². The van der Waals surface area contributed by atoms with E-state index in [0.717, 1.165) is 5.56 Å². The Morgan fingerprint density at radius 1 is 1.50 bits per heavy atom. The summed E-state index contributed by atoms with van der Waals surface area (Å²) in [5, 5.41) is 2.60. The highest BCUT2D eigenvalue weighted by Gasteiger charge is 2.07. The van der Waals surface area contributed by atoms with Crippen LogP contribution < -0.4 is 10.9 Å². The minimum Gasteiger partial charge on any atom is -0.308 e. The molecule has 16 heavy (non-hydrogen) atoms. The fraction of sp³-hybridized carbons (Fsp3) is 0.333. The molecule has 0 aliphatic heterocycles. The molecule has 0 bridgehead atoms. The van der Waals surface area contributed by atoms with Gasteiger partial charge >= 0.3 is 0 Å². The van der Waals surface area contributed by atoms with Gasteiger partial charge in [-0.05, 0) is 23.6 Å². The molecular weight excluding hydrogens is 204 g/mol. The topological polar surface area (TPSA) is 51.1 Å². The molecule has 4 heteroatoms. The highest BCUT2D eigenvalue weighted by molar-refractivity contribution is 5.98. The Hall–Kier alpha value is -1.84. The minimum atomic E-state index is -0.323. The van der Waals surface area contributed by atoms with Crippen molar-refractivity contribution in [3.05, 3.63) is 40.7 Å². The molecule has 0 fully saturated rings. The van der Waals surface area contributed by atoms with E-state index in [-0.39, 0.29) is 17.4 Å². The molecule has 0 saturated heterocycles. The van der Waals surface area contributed by atoms with Crippen molar-refractivity contribution < 1.29 is 4.79 Å². The van der Waals surface area contributed by atoms with E-state index >= 15 is 0 Å². The lowest BCUT2D eigenvalue weighted by Crippen LogP contribution is -2.22. The third kappa shape index (κ3) is 2.59. The number of hydrogen-bond donors (Lipinski definition) is 1. The summed E-state index contributed by atoms with van der Waals surface area (Å²) in [6.45, 7) is 7.35. The minimum absolute atomic E-state index is 0.134. The van der Waals surface area contributed by atoms with Crippen LogP contribution in [-0.4, -0.2) is 10.5 Å². The second-order valence-corrected chi connectivity index (χ2v) is 3.92. The molecule has 0 aromatic carbocycles. The van der Waals surface area contributed by atoms with Gasteiger partial charge in [-0.3, -0.25) is 14.2 Å². The molecule has 1 heterocycles. The van der Waals surface area contributed by atoms with Crippen LogP contribution in [0.15, 0.2) is 29.6 Å². The fourth-order valence-electron chi connectivity index (χ4n) is 1.29. The highest BCUT2D eigenvalue weighted by Crippen LogP contribution is 2.15. The summed E-state index contributed by atoms with van der Waals surface area (Å²) in [5.41, 5.74) is 0.771. The number of hydrogen-bond acceptors (Lipinski definition) is 2. The molecule has 0 saturated carbocycles. The lowest BCUT2D eigenvalue weighted by Gasteiger charge is -2.12. The van der Waals surface area contributed by atoms with Crippen LogP contribution in [0.4, 0.5) is 5.82 Å². The molecule has 1 N–H and O–H groups in total. The molecular formula is C12H16N2O2. The number of anilines is 1. The number of carbonyl (C=O) groups is 1. The van der Waals surface area contributed by atoms with Crippen LogP contribution in [0.2, 0.25) is 0 Å².